The standard InChI is InChI=1S/C17H18F3N3O3S/c1-2-11-21-16(24)22-13-7-9-15(10-8-13)27(25,26)23-14-5-3-12(4-6-14)17(18,19)20/h3-10,23H,2,11H2,1H3,(H2,21,22,24). The third-order valence-electron chi connectivity index (χ3n) is 3.42. The molecule has 0 atom stereocenters. The van der Waals surface area contributed by atoms with Crippen LogP contribution < -0.4 is 15.4 Å². The van der Waals surface area contributed by atoms with Gasteiger partial charge in [-0.3, -0.25) is 4.72 Å². The first-order chi connectivity index (χ1) is 12.6. The van der Waals surface area contributed by atoms with E-state index in [4.69, 9.17) is 0 Å². The van der Waals surface area contributed by atoms with E-state index >= 15 is 0 Å². The van der Waals surface area contributed by atoms with Gasteiger partial charge in [-0.05, 0) is 55.0 Å². The van der Waals surface area contributed by atoms with Gasteiger partial charge < -0.3 is 10.6 Å². The van der Waals surface area contributed by atoms with Crippen LogP contribution in [0, 0.1) is 0 Å². The Labute approximate surface area is 154 Å². The Morgan fingerprint density at radius 3 is 2.04 bits per heavy atom. The van der Waals surface area contributed by atoms with Crippen molar-refractivity contribution >= 4 is 27.4 Å². The SMILES string of the molecule is CCCNC(=O)Nc1ccc(S(=O)(=O)Nc2ccc(C(F)(F)F)cc2)cc1. The summed E-state index contributed by atoms with van der Waals surface area (Å²) in [5.41, 5.74) is -0.469. The maximum atomic E-state index is 12.5. The second-order valence-corrected chi connectivity index (χ2v) is 7.27. The quantitative estimate of drug-likeness (QED) is 0.683. The Kier molecular flexibility index (Phi) is 6.32. The average Bonchev–Trinajstić information content (AvgIpc) is 2.60. The Balaban J connectivity index is 2.07. The van der Waals surface area contributed by atoms with E-state index in [1.807, 2.05) is 6.92 Å². The van der Waals surface area contributed by atoms with Gasteiger partial charge in [0.15, 0.2) is 0 Å². The van der Waals surface area contributed by atoms with Gasteiger partial charge >= 0.3 is 12.2 Å². The van der Waals surface area contributed by atoms with E-state index in [-0.39, 0.29) is 10.6 Å². The topological polar surface area (TPSA) is 87.3 Å². The van der Waals surface area contributed by atoms with Gasteiger partial charge in [-0.15, -0.1) is 0 Å². The molecule has 10 heteroatoms. The molecule has 0 saturated carbocycles. The van der Waals surface area contributed by atoms with E-state index < -0.39 is 27.8 Å². The fourth-order valence-corrected chi connectivity index (χ4v) is 3.13. The number of hydrogen-bond acceptors (Lipinski definition) is 3. The molecular weight excluding hydrogens is 383 g/mol. The van der Waals surface area contributed by atoms with Gasteiger partial charge in [0.05, 0.1) is 10.5 Å². The van der Waals surface area contributed by atoms with Gasteiger partial charge in [-0.1, -0.05) is 6.92 Å². The van der Waals surface area contributed by atoms with Crippen molar-refractivity contribution in [3.8, 4) is 0 Å². The molecule has 2 aromatic carbocycles. The highest BCUT2D eigenvalue weighted by Crippen LogP contribution is 2.30. The average molecular weight is 401 g/mol. The largest absolute Gasteiger partial charge is 0.416 e. The normalized spacial score (nSPS) is 11.7. The van der Waals surface area contributed by atoms with Crippen LogP contribution in [0.4, 0.5) is 29.3 Å². The summed E-state index contributed by atoms with van der Waals surface area (Å²) in [5.74, 6) is 0. The first-order valence-electron chi connectivity index (χ1n) is 7.97. The molecule has 2 rings (SSSR count). The molecule has 3 N–H and O–H groups in total. The molecule has 27 heavy (non-hydrogen) atoms. The van der Waals surface area contributed by atoms with Crippen molar-refractivity contribution in [3.63, 3.8) is 0 Å². The van der Waals surface area contributed by atoms with Crippen molar-refractivity contribution in [1.29, 1.82) is 0 Å². The lowest BCUT2D eigenvalue weighted by atomic mass is 10.2. The van der Waals surface area contributed by atoms with Gasteiger partial charge in [0, 0.05) is 17.9 Å². The molecule has 0 aliphatic rings. The lowest BCUT2D eigenvalue weighted by Gasteiger charge is -2.11. The number of halogens is 3. The maximum absolute atomic E-state index is 12.5. The summed E-state index contributed by atoms with van der Waals surface area (Å²) >= 11 is 0. The van der Waals surface area contributed by atoms with Gasteiger partial charge in [-0.25, -0.2) is 13.2 Å². The highest BCUT2D eigenvalue weighted by atomic mass is 32.2. The molecule has 0 heterocycles. The van der Waals surface area contributed by atoms with Crippen molar-refractivity contribution in [1.82, 2.24) is 5.32 Å². The number of nitrogens with one attached hydrogen (secondary N) is 3. The zero-order valence-electron chi connectivity index (χ0n) is 14.3. The number of carbonyl (C=O) groups excluding carboxylic acids is 1. The number of benzene rings is 2. The Morgan fingerprint density at radius 1 is 0.963 bits per heavy atom. The van der Waals surface area contributed by atoms with Gasteiger partial charge in [0.1, 0.15) is 0 Å². The minimum absolute atomic E-state index is 0.00384. The molecule has 2 aromatic rings. The minimum atomic E-state index is -4.50. The lowest BCUT2D eigenvalue weighted by molar-refractivity contribution is -0.137. The van der Waals surface area contributed by atoms with Crippen LogP contribution in [-0.4, -0.2) is 21.0 Å². The number of alkyl halides is 3. The first kappa shape index (κ1) is 20.6. The summed E-state index contributed by atoms with van der Waals surface area (Å²) in [5, 5.41) is 5.17. The number of sulfonamides is 1. The van der Waals surface area contributed by atoms with Crippen molar-refractivity contribution in [2.45, 2.75) is 24.4 Å². The number of amides is 2. The van der Waals surface area contributed by atoms with Crippen LogP contribution in [0.15, 0.2) is 53.4 Å². The molecule has 0 spiro atoms. The Hall–Kier alpha value is -2.75. The second-order valence-electron chi connectivity index (χ2n) is 5.59. The fourth-order valence-electron chi connectivity index (χ4n) is 2.07. The van der Waals surface area contributed by atoms with E-state index in [0.717, 1.165) is 30.7 Å². The summed E-state index contributed by atoms with van der Waals surface area (Å²) in [6.07, 6.45) is -3.72. The third kappa shape index (κ3) is 5.88. The summed E-state index contributed by atoms with van der Waals surface area (Å²) < 4.78 is 64.5. The summed E-state index contributed by atoms with van der Waals surface area (Å²) in [6.45, 7) is 2.42. The number of hydrogen-bond donors (Lipinski definition) is 3. The Bertz CT molecular complexity index is 880. The Morgan fingerprint density at radius 2 is 1.52 bits per heavy atom. The van der Waals surface area contributed by atoms with Crippen molar-refractivity contribution < 1.29 is 26.4 Å². The molecule has 0 aromatic heterocycles. The molecule has 6 nitrogen and oxygen atoms in total. The van der Waals surface area contributed by atoms with Crippen LogP contribution in [-0.2, 0) is 16.2 Å². The van der Waals surface area contributed by atoms with Crippen LogP contribution in [0.3, 0.4) is 0 Å². The first-order valence-corrected chi connectivity index (χ1v) is 9.45. The summed E-state index contributed by atoms with van der Waals surface area (Å²) in [7, 11) is -3.98. The third-order valence-corrected chi connectivity index (χ3v) is 4.82. The molecule has 0 aliphatic carbocycles. The number of carbonyl (C=O) groups is 1. The molecular formula is C17H18F3N3O3S. The molecule has 146 valence electrons. The molecule has 0 saturated heterocycles. The predicted molar refractivity (Wildman–Crippen MR) is 96.0 cm³/mol. The molecule has 2 amide bonds. The summed E-state index contributed by atoms with van der Waals surface area (Å²) in [4.78, 5) is 11.5. The van der Waals surface area contributed by atoms with Crippen LogP contribution in [0.5, 0.6) is 0 Å². The fraction of sp³-hybridized carbons (Fsp3) is 0.235. The minimum Gasteiger partial charge on any atom is -0.338 e. The van der Waals surface area contributed by atoms with Crippen molar-refractivity contribution in [3.05, 3.63) is 54.1 Å². The van der Waals surface area contributed by atoms with E-state index in [9.17, 15) is 26.4 Å². The van der Waals surface area contributed by atoms with E-state index in [1.165, 1.54) is 24.3 Å². The summed E-state index contributed by atoms with van der Waals surface area (Å²) in [6, 6.07) is 8.63. The zero-order chi connectivity index (χ0) is 20.1. The van der Waals surface area contributed by atoms with E-state index in [1.54, 1.807) is 0 Å². The van der Waals surface area contributed by atoms with Crippen LogP contribution in [0.25, 0.3) is 0 Å². The number of rotatable bonds is 6. The molecule has 0 bridgehead atoms. The van der Waals surface area contributed by atoms with Crippen LogP contribution >= 0.6 is 0 Å². The predicted octanol–water partition coefficient (Wildman–Crippen LogP) is 4.04. The van der Waals surface area contributed by atoms with Gasteiger partial charge in [0.25, 0.3) is 10.0 Å². The zero-order valence-corrected chi connectivity index (χ0v) is 15.1. The smallest absolute Gasteiger partial charge is 0.338 e. The van der Waals surface area contributed by atoms with Gasteiger partial charge in [-0.2, -0.15) is 13.2 Å². The van der Waals surface area contributed by atoms with Crippen molar-refractivity contribution in [2.75, 3.05) is 16.6 Å². The monoisotopic (exact) mass is 401 g/mol. The maximum Gasteiger partial charge on any atom is 0.416 e. The highest BCUT2D eigenvalue weighted by molar-refractivity contribution is 7.92. The van der Waals surface area contributed by atoms with Crippen molar-refractivity contribution in [2.24, 2.45) is 0 Å². The van der Waals surface area contributed by atoms with Gasteiger partial charge in [0.2, 0.25) is 0 Å². The van der Waals surface area contributed by atoms with E-state index in [0.29, 0.717) is 12.2 Å². The second kappa shape index (κ2) is 8.30. The molecule has 0 aliphatic heterocycles. The van der Waals surface area contributed by atoms with Crippen LogP contribution in [0.2, 0.25) is 0 Å². The molecule has 0 unspecified atom stereocenters. The number of urea groups is 1. The van der Waals surface area contributed by atoms with E-state index in [2.05, 4.69) is 15.4 Å². The highest BCUT2D eigenvalue weighted by Gasteiger charge is 2.30. The molecule has 0 fully saturated rings. The van der Waals surface area contributed by atoms with Crippen LogP contribution in [0.1, 0.15) is 18.9 Å². The lowest BCUT2D eigenvalue weighted by Crippen LogP contribution is -2.29. The number of anilines is 2. The molecule has 0 radical (unpaired) electrons.